The predicted molar refractivity (Wildman–Crippen MR) is 182 cm³/mol. The lowest BCUT2D eigenvalue weighted by Crippen LogP contribution is -2.38. The van der Waals surface area contributed by atoms with Crippen LogP contribution in [-0.4, -0.2) is 57.4 Å². The van der Waals surface area contributed by atoms with Gasteiger partial charge in [0.05, 0.1) is 0 Å². The van der Waals surface area contributed by atoms with E-state index < -0.39 is 12.2 Å². The molecule has 0 fully saturated rings. The smallest absolute Gasteiger partial charge is 0.416 e. The van der Waals surface area contributed by atoms with Crippen LogP contribution in [-0.2, 0) is 6.61 Å². The van der Waals surface area contributed by atoms with Crippen molar-refractivity contribution in [1.82, 2.24) is 9.80 Å². The lowest BCUT2D eigenvalue weighted by Gasteiger charge is -2.32. The second-order valence-corrected chi connectivity index (χ2v) is 12.1. The first-order valence-electron chi connectivity index (χ1n) is 16.2. The lowest BCUT2D eigenvalue weighted by molar-refractivity contribution is 0.122. The van der Waals surface area contributed by atoms with E-state index in [9.17, 15) is 9.59 Å². The number of hydrogen-bond donors (Lipinski definition) is 2. The van der Waals surface area contributed by atoms with E-state index in [-0.39, 0.29) is 12.5 Å². The molecule has 3 rings (SSSR count). The molecule has 2 N–H and O–H groups in total. The third-order valence-corrected chi connectivity index (χ3v) is 8.13. The van der Waals surface area contributed by atoms with Crippen molar-refractivity contribution in [3.8, 4) is 5.75 Å². The van der Waals surface area contributed by atoms with Gasteiger partial charge in [-0.1, -0.05) is 91.7 Å². The maximum atomic E-state index is 11.0. The fourth-order valence-electron chi connectivity index (χ4n) is 5.77. The Morgan fingerprint density at radius 1 is 0.778 bits per heavy atom. The Morgan fingerprint density at radius 2 is 1.40 bits per heavy atom. The fraction of sp³-hybridized carbons (Fsp3) is 0.421. The van der Waals surface area contributed by atoms with Crippen molar-refractivity contribution < 1.29 is 24.5 Å². The SMILES string of the molecule is CC(C)N(CC[C@H](c1ccccc1)c1cc(/C=C/CCCCCCN(C(=O)O)C(=O)O)ccc1OCc1ccccc1)C(C)C. The number of imide groups is 1. The number of unbranched alkanes of at least 4 members (excludes halogenated alkanes) is 4. The van der Waals surface area contributed by atoms with Crippen molar-refractivity contribution >= 4 is 18.3 Å². The molecule has 0 saturated carbocycles. The average molecular weight is 615 g/mol. The minimum atomic E-state index is -1.42. The zero-order chi connectivity index (χ0) is 32.6. The van der Waals surface area contributed by atoms with Gasteiger partial charge in [-0.3, -0.25) is 4.90 Å². The van der Waals surface area contributed by atoms with Crippen LogP contribution < -0.4 is 4.74 Å². The summed E-state index contributed by atoms with van der Waals surface area (Å²) >= 11 is 0. The normalized spacial score (nSPS) is 12.2. The summed E-state index contributed by atoms with van der Waals surface area (Å²) in [5.74, 6) is 1.07. The number of hydrogen-bond acceptors (Lipinski definition) is 4. The summed E-state index contributed by atoms with van der Waals surface area (Å²) in [6.07, 6.45) is 6.54. The summed E-state index contributed by atoms with van der Waals surface area (Å²) in [5, 5.41) is 17.9. The van der Waals surface area contributed by atoms with Gasteiger partial charge in [0.2, 0.25) is 0 Å². The van der Waals surface area contributed by atoms with Gasteiger partial charge in [-0.25, -0.2) is 14.5 Å². The maximum absolute atomic E-state index is 11.0. The lowest BCUT2D eigenvalue weighted by atomic mass is 9.86. The van der Waals surface area contributed by atoms with Crippen LogP contribution in [0.4, 0.5) is 9.59 Å². The molecule has 0 unspecified atom stereocenters. The summed E-state index contributed by atoms with van der Waals surface area (Å²) < 4.78 is 6.49. The minimum Gasteiger partial charge on any atom is -0.489 e. The van der Waals surface area contributed by atoms with E-state index in [0.29, 0.717) is 30.0 Å². The maximum Gasteiger partial charge on any atom is 0.416 e. The summed E-state index contributed by atoms with van der Waals surface area (Å²) in [7, 11) is 0. The largest absolute Gasteiger partial charge is 0.489 e. The molecule has 7 nitrogen and oxygen atoms in total. The Morgan fingerprint density at radius 3 is 2.02 bits per heavy atom. The first kappa shape index (κ1) is 35.4. The topological polar surface area (TPSA) is 90.3 Å². The molecule has 2 amide bonds. The van der Waals surface area contributed by atoms with Gasteiger partial charge in [-0.05, 0) is 88.7 Å². The predicted octanol–water partition coefficient (Wildman–Crippen LogP) is 9.53. The molecule has 0 aliphatic rings. The molecule has 242 valence electrons. The molecule has 0 aromatic heterocycles. The van der Waals surface area contributed by atoms with Crippen molar-refractivity contribution in [2.24, 2.45) is 0 Å². The van der Waals surface area contributed by atoms with Crippen LogP contribution in [0.2, 0.25) is 0 Å². The van der Waals surface area contributed by atoms with Gasteiger partial charge in [0.1, 0.15) is 12.4 Å². The summed E-state index contributed by atoms with van der Waals surface area (Å²) in [6.45, 7) is 10.5. The highest BCUT2D eigenvalue weighted by molar-refractivity contribution is 5.85. The third kappa shape index (κ3) is 11.7. The van der Waals surface area contributed by atoms with Crippen LogP contribution in [0.5, 0.6) is 5.75 Å². The molecular weight excluding hydrogens is 564 g/mol. The van der Waals surface area contributed by atoms with Crippen LogP contribution in [0.15, 0.2) is 84.9 Å². The van der Waals surface area contributed by atoms with Crippen molar-refractivity contribution in [1.29, 1.82) is 0 Å². The van der Waals surface area contributed by atoms with Crippen LogP contribution in [0.3, 0.4) is 0 Å². The van der Waals surface area contributed by atoms with E-state index in [4.69, 9.17) is 14.9 Å². The van der Waals surface area contributed by atoms with Gasteiger partial charge in [-0.15, -0.1) is 0 Å². The van der Waals surface area contributed by atoms with Crippen LogP contribution in [0.1, 0.15) is 94.4 Å². The Bertz CT molecular complexity index is 1320. The van der Waals surface area contributed by atoms with Crippen molar-refractivity contribution in [2.75, 3.05) is 13.1 Å². The number of carboxylic acid groups (broad SMARTS) is 2. The second-order valence-electron chi connectivity index (χ2n) is 12.1. The van der Waals surface area contributed by atoms with Crippen molar-refractivity contribution in [2.45, 2.75) is 90.8 Å². The van der Waals surface area contributed by atoms with Gasteiger partial charge >= 0.3 is 12.2 Å². The van der Waals surface area contributed by atoms with Crippen molar-refractivity contribution in [3.05, 3.63) is 107 Å². The highest BCUT2D eigenvalue weighted by Crippen LogP contribution is 2.36. The zero-order valence-electron chi connectivity index (χ0n) is 27.3. The molecule has 0 bridgehead atoms. The van der Waals surface area contributed by atoms with Crippen molar-refractivity contribution in [3.63, 3.8) is 0 Å². The highest BCUT2D eigenvalue weighted by Gasteiger charge is 2.22. The minimum absolute atomic E-state index is 0.0106. The number of nitrogens with zero attached hydrogens (tertiary/aromatic N) is 2. The average Bonchev–Trinajstić information content (AvgIpc) is 3.01. The molecule has 0 aliphatic heterocycles. The van der Waals surface area contributed by atoms with E-state index in [0.717, 1.165) is 55.5 Å². The van der Waals surface area contributed by atoms with E-state index in [1.54, 1.807) is 0 Å². The van der Waals surface area contributed by atoms with Crippen LogP contribution >= 0.6 is 0 Å². The Balaban J connectivity index is 1.76. The van der Waals surface area contributed by atoms with Crippen LogP contribution in [0.25, 0.3) is 6.08 Å². The molecule has 0 spiro atoms. The Labute approximate surface area is 269 Å². The molecule has 0 aliphatic carbocycles. The van der Waals surface area contributed by atoms with Gasteiger partial charge in [-0.2, -0.15) is 0 Å². The molecule has 3 aromatic carbocycles. The quantitative estimate of drug-likeness (QED) is 0.139. The number of allylic oxidation sites excluding steroid dienone is 1. The molecule has 3 aromatic rings. The monoisotopic (exact) mass is 614 g/mol. The highest BCUT2D eigenvalue weighted by atomic mass is 16.5. The number of ether oxygens (including phenoxy) is 1. The zero-order valence-corrected chi connectivity index (χ0v) is 27.3. The van der Waals surface area contributed by atoms with E-state index in [1.165, 1.54) is 11.1 Å². The van der Waals surface area contributed by atoms with Gasteiger partial charge in [0, 0.05) is 30.1 Å². The molecular formula is C38H50N2O5. The number of carbonyl (C=O) groups is 2. The summed E-state index contributed by atoms with van der Waals surface area (Å²) in [5.41, 5.74) is 4.72. The molecule has 1 atom stereocenters. The van der Waals surface area contributed by atoms with Gasteiger partial charge < -0.3 is 14.9 Å². The first-order valence-corrected chi connectivity index (χ1v) is 16.2. The molecule has 0 saturated heterocycles. The van der Waals surface area contributed by atoms with E-state index >= 15 is 0 Å². The Kier molecular flexibility index (Phi) is 14.7. The van der Waals surface area contributed by atoms with E-state index in [2.05, 4.69) is 105 Å². The summed E-state index contributed by atoms with van der Waals surface area (Å²) in [6, 6.07) is 28.4. The summed E-state index contributed by atoms with van der Waals surface area (Å²) in [4.78, 5) is 25.0. The molecule has 7 heteroatoms. The molecule has 0 radical (unpaired) electrons. The van der Waals surface area contributed by atoms with E-state index in [1.807, 2.05) is 18.2 Å². The molecule has 45 heavy (non-hydrogen) atoms. The third-order valence-electron chi connectivity index (χ3n) is 8.13. The molecule has 0 heterocycles. The Hall–Kier alpha value is -4.10. The number of benzene rings is 3. The first-order chi connectivity index (χ1) is 21.7. The van der Waals surface area contributed by atoms with Gasteiger partial charge in [0.25, 0.3) is 0 Å². The fourth-order valence-corrected chi connectivity index (χ4v) is 5.77. The number of amides is 2. The second kappa shape index (κ2) is 18.6. The number of rotatable bonds is 18. The standard InChI is InChI=1S/C38H50N2O5/c1-29(2)39(30(3)4)26-24-34(33-20-14-10-15-21-33)35-27-31(22-23-36(35)45-28-32-18-12-9-13-19-32)17-11-7-5-6-8-16-25-40(37(41)42)38(43)44/h9-15,17-23,27,29-30,34H,5-8,16,24-26,28H2,1-4H3,(H,41,42)(H,43,44)/b17-11+/t34-/m1/s1. The van der Waals surface area contributed by atoms with Gasteiger partial charge in [0.15, 0.2) is 0 Å². The van der Waals surface area contributed by atoms with Crippen LogP contribution in [0, 0.1) is 0 Å².